The Bertz CT molecular complexity index is 978. The standard InChI is InChI=1S/C21H24N4O2S.HNO3/c22-21-25-18(14-28-21)12-20(27)24-17-8-6-15(7-9-17)10-11-23-13-19(26)16-4-2-1-3-5-16;2-1(3)4/h1-9,14,19,23,26H,10-13H2,(H2,22,25)(H,24,27);(H,2,3,4)/t19-;/m0./s1. The molecule has 0 saturated heterocycles. The summed E-state index contributed by atoms with van der Waals surface area (Å²) in [5.74, 6) is -0.116. The fourth-order valence-corrected chi connectivity index (χ4v) is 3.36. The second-order valence-corrected chi connectivity index (χ2v) is 7.61. The third-order valence-electron chi connectivity index (χ3n) is 4.26. The van der Waals surface area contributed by atoms with Crippen molar-refractivity contribution in [3.63, 3.8) is 0 Å². The van der Waals surface area contributed by atoms with Gasteiger partial charge in [-0.25, -0.2) is 4.98 Å². The Labute approximate surface area is 188 Å². The average Bonchev–Trinajstić information content (AvgIpc) is 3.16. The zero-order valence-electron chi connectivity index (χ0n) is 17.2. The van der Waals surface area contributed by atoms with Gasteiger partial charge in [0.05, 0.1) is 18.2 Å². The first-order valence-electron chi connectivity index (χ1n) is 9.69. The van der Waals surface area contributed by atoms with Crippen LogP contribution in [0.25, 0.3) is 0 Å². The van der Waals surface area contributed by atoms with Crippen molar-refractivity contribution in [2.45, 2.75) is 18.9 Å². The van der Waals surface area contributed by atoms with Crippen molar-refractivity contribution < 1.29 is 20.2 Å². The van der Waals surface area contributed by atoms with Gasteiger partial charge in [-0.15, -0.1) is 21.5 Å². The van der Waals surface area contributed by atoms with E-state index in [1.807, 2.05) is 54.6 Å². The van der Waals surface area contributed by atoms with Gasteiger partial charge in [0.25, 0.3) is 5.09 Å². The molecular weight excluding hydrogens is 434 g/mol. The predicted molar refractivity (Wildman–Crippen MR) is 122 cm³/mol. The minimum atomic E-state index is -1.50. The highest BCUT2D eigenvalue weighted by atomic mass is 32.1. The highest BCUT2D eigenvalue weighted by Gasteiger charge is 2.08. The maximum absolute atomic E-state index is 12.0. The third-order valence-corrected chi connectivity index (χ3v) is 4.98. The Morgan fingerprint density at radius 1 is 1.19 bits per heavy atom. The number of hydrogen-bond donors (Lipinski definition) is 5. The second kappa shape index (κ2) is 13.0. The van der Waals surface area contributed by atoms with E-state index in [-0.39, 0.29) is 12.3 Å². The Balaban J connectivity index is 0.000000837. The number of benzene rings is 2. The van der Waals surface area contributed by atoms with Gasteiger partial charge in [-0.2, -0.15) is 0 Å². The van der Waals surface area contributed by atoms with E-state index < -0.39 is 11.2 Å². The summed E-state index contributed by atoms with van der Waals surface area (Å²) >= 11 is 1.33. The van der Waals surface area contributed by atoms with E-state index in [0.717, 1.165) is 29.8 Å². The molecule has 0 aliphatic heterocycles. The molecule has 0 bridgehead atoms. The summed E-state index contributed by atoms with van der Waals surface area (Å²) in [4.78, 5) is 24.5. The highest BCUT2D eigenvalue weighted by Crippen LogP contribution is 2.14. The van der Waals surface area contributed by atoms with Crippen LogP contribution in [0.1, 0.15) is 22.9 Å². The molecule has 11 heteroatoms. The van der Waals surface area contributed by atoms with E-state index in [9.17, 15) is 9.90 Å². The number of carbonyl (C=O) groups excluding carboxylic acids is 1. The van der Waals surface area contributed by atoms with E-state index in [1.165, 1.54) is 11.3 Å². The number of aromatic nitrogens is 1. The lowest BCUT2D eigenvalue weighted by Gasteiger charge is -2.12. The predicted octanol–water partition coefficient (Wildman–Crippen LogP) is 2.42. The van der Waals surface area contributed by atoms with Crippen LogP contribution >= 0.6 is 11.3 Å². The van der Waals surface area contributed by atoms with Crippen molar-refractivity contribution in [1.82, 2.24) is 10.3 Å². The molecule has 2 aromatic carbocycles. The lowest BCUT2D eigenvalue weighted by atomic mass is 10.1. The van der Waals surface area contributed by atoms with Gasteiger partial charge in [0.15, 0.2) is 5.13 Å². The van der Waals surface area contributed by atoms with Crippen molar-refractivity contribution >= 4 is 28.1 Å². The number of carbonyl (C=O) groups is 1. The first-order chi connectivity index (χ1) is 15.3. The van der Waals surface area contributed by atoms with Crippen LogP contribution in [-0.2, 0) is 17.6 Å². The van der Waals surface area contributed by atoms with Crippen molar-refractivity contribution in [2.75, 3.05) is 24.1 Å². The van der Waals surface area contributed by atoms with Crippen LogP contribution < -0.4 is 16.4 Å². The molecule has 0 unspecified atom stereocenters. The van der Waals surface area contributed by atoms with Crippen LogP contribution in [-0.4, -0.2) is 39.4 Å². The summed E-state index contributed by atoms with van der Waals surface area (Å²) in [6.45, 7) is 1.28. The van der Waals surface area contributed by atoms with Gasteiger partial charge >= 0.3 is 0 Å². The monoisotopic (exact) mass is 459 g/mol. The number of thiazole rings is 1. The van der Waals surface area contributed by atoms with Gasteiger partial charge in [-0.3, -0.25) is 4.79 Å². The van der Waals surface area contributed by atoms with Crippen molar-refractivity contribution in [3.8, 4) is 0 Å². The minimum absolute atomic E-state index is 0.116. The molecule has 0 saturated carbocycles. The van der Waals surface area contributed by atoms with Crippen LogP contribution in [0.5, 0.6) is 0 Å². The Morgan fingerprint density at radius 2 is 1.84 bits per heavy atom. The SMILES string of the molecule is Nc1nc(CC(=O)Nc2ccc(CCNC[C@H](O)c3ccccc3)cc2)cs1.O=[N+]([O-])O. The first-order valence-corrected chi connectivity index (χ1v) is 10.6. The van der Waals surface area contributed by atoms with E-state index in [2.05, 4.69) is 15.6 Å². The molecule has 1 heterocycles. The largest absolute Gasteiger partial charge is 0.387 e. The molecular formula is C21H25N5O5S. The number of aliphatic hydroxyl groups is 1. The molecule has 0 fully saturated rings. The molecule has 3 rings (SSSR count). The maximum Gasteiger partial charge on any atom is 0.291 e. The van der Waals surface area contributed by atoms with E-state index in [0.29, 0.717) is 17.4 Å². The van der Waals surface area contributed by atoms with Crippen LogP contribution in [0.3, 0.4) is 0 Å². The number of nitrogens with two attached hydrogens (primary N) is 1. The minimum Gasteiger partial charge on any atom is -0.387 e. The quantitative estimate of drug-likeness (QED) is 0.185. The maximum atomic E-state index is 12.0. The average molecular weight is 460 g/mol. The zero-order valence-corrected chi connectivity index (χ0v) is 18.0. The number of rotatable bonds is 9. The molecule has 1 aromatic heterocycles. The van der Waals surface area contributed by atoms with Crippen LogP contribution in [0.2, 0.25) is 0 Å². The molecule has 0 aliphatic carbocycles. The number of nitrogen functional groups attached to an aromatic ring is 1. The van der Waals surface area contributed by atoms with Crippen LogP contribution in [0.4, 0.5) is 10.8 Å². The number of amides is 1. The molecule has 170 valence electrons. The molecule has 0 radical (unpaired) electrons. The number of nitrogens with zero attached hydrogens (tertiary/aromatic N) is 2. The number of aliphatic hydroxyl groups excluding tert-OH is 1. The molecule has 6 N–H and O–H groups in total. The number of anilines is 2. The Kier molecular flexibility index (Phi) is 10.0. The summed E-state index contributed by atoms with van der Waals surface area (Å²) in [7, 11) is 0. The lowest BCUT2D eigenvalue weighted by Crippen LogP contribution is -2.23. The van der Waals surface area contributed by atoms with Gasteiger partial charge in [-0.1, -0.05) is 42.5 Å². The lowest BCUT2D eigenvalue weighted by molar-refractivity contribution is -0.742. The van der Waals surface area contributed by atoms with E-state index >= 15 is 0 Å². The molecule has 10 nitrogen and oxygen atoms in total. The second-order valence-electron chi connectivity index (χ2n) is 6.72. The van der Waals surface area contributed by atoms with E-state index in [1.54, 1.807) is 5.38 Å². The summed E-state index contributed by atoms with van der Waals surface area (Å²) in [5, 5.41) is 32.2. The summed E-state index contributed by atoms with van der Waals surface area (Å²) in [6, 6.07) is 17.4. The topological polar surface area (TPSA) is 164 Å². The van der Waals surface area contributed by atoms with Gasteiger partial charge in [0.1, 0.15) is 0 Å². The molecule has 1 atom stereocenters. The summed E-state index contributed by atoms with van der Waals surface area (Å²) in [6.07, 6.45) is 0.545. The molecule has 1 amide bonds. The third kappa shape index (κ3) is 9.51. The fraction of sp³-hybridized carbons (Fsp3) is 0.238. The number of hydrogen-bond acceptors (Lipinski definition) is 8. The van der Waals surface area contributed by atoms with Gasteiger partial charge in [0, 0.05) is 17.6 Å². The van der Waals surface area contributed by atoms with Gasteiger partial charge in [0.2, 0.25) is 5.91 Å². The molecule has 32 heavy (non-hydrogen) atoms. The summed E-state index contributed by atoms with van der Waals surface area (Å²) in [5.41, 5.74) is 9.08. The van der Waals surface area contributed by atoms with Crippen molar-refractivity contribution in [3.05, 3.63) is 86.9 Å². The molecule has 3 aromatic rings. The van der Waals surface area contributed by atoms with Crippen LogP contribution in [0, 0.1) is 10.1 Å². The first kappa shape index (κ1) is 24.7. The Hall–Kier alpha value is -3.54. The smallest absolute Gasteiger partial charge is 0.291 e. The fourth-order valence-electron chi connectivity index (χ4n) is 2.79. The van der Waals surface area contributed by atoms with Crippen molar-refractivity contribution in [1.29, 1.82) is 0 Å². The van der Waals surface area contributed by atoms with Crippen LogP contribution in [0.15, 0.2) is 60.0 Å². The van der Waals surface area contributed by atoms with Gasteiger partial charge in [-0.05, 0) is 36.2 Å². The number of nitrogens with one attached hydrogen (secondary N) is 2. The molecule has 0 spiro atoms. The zero-order chi connectivity index (χ0) is 23.3. The van der Waals surface area contributed by atoms with Gasteiger partial charge < -0.3 is 26.7 Å². The van der Waals surface area contributed by atoms with E-state index in [4.69, 9.17) is 21.1 Å². The highest BCUT2D eigenvalue weighted by molar-refractivity contribution is 7.13. The Morgan fingerprint density at radius 3 is 2.44 bits per heavy atom. The normalized spacial score (nSPS) is 11.2. The molecule has 0 aliphatic rings. The summed E-state index contributed by atoms with van der Waals surface area (Å²) < 4.78 is 0. The van der Waals surface area contributed by atoms with Crippen molar-refractivity contribution in [2.24, 2.45) is 0 Å².